The molecule has 0 saturated carbocycles. The Morgan fingerprint density at radius 2 is 1.97 bits per heavy atom. The summed E-state index contributed by atoms with van der Waals surface area (Å²) in [4.78, 5) is 16.2. The van der Waals surface area contributed by atoms with Crippen LogP contribution in [0.15, 0.2) is 61.2 Å². The van der Waals surface area contributed by atoms with Crippen molar-refractivity contribution in [2.45, 2.75) is 39.7 Å². The van der Waals surface area contributed by atoms with E-state index in [0.717, 1.165) is 49.5 Å². The van der Waals surface area contributed by atoms with E-state index < -0.39 is 0 Å². The number of aromatic nitrogens is 3. The number of ether oxygens (including phenoxy) is 1. The minimum Gasteiger partial charge on any atom is -0.494 e. The Morgan fingerprint density at radius 1 is 1.19 bits per heavy atom. The van der Waals surface area contributed by atoms with E-state index in [-0.39, 0.29) is 0 Å². The van der Waals surface area contributed by atoms with Crippen molar-refractivity contribution < 1.29 is 9.53 Å². The van der Waals surface area contributed by atoms with Crippen LogP contribution in [0.3, 0.4) is 0 Å². The Kier molecular flexibility index (Phi) is 11.0. The first-order chi connectivity index (χ1) is 15.6. The van der Waals surface area contributed by atoms with Crippen molar-refractivity contribution >= 4 is 12.0 Å². The number of pyridine rings is 1. The number of anilines is 1. The van der Waals surface area contributed by atoms with E-state index in [1.807, 2.05) is 42.2 Å². The minimum atomic E-state index is 0.618. The van der Waals surface area contributed by atoms with Gasteiger partial charge in [0.25, 0.3) is 0 Å². The van der Waals surface area contributed by atoms with Crippen LogP contribution in [0.1, 0.15) is 44.0 Å². The molecule has 1 aromatic carbocycles. The van der Waals surface area contributed by atoms with Gasteiger partial charge >= 0.3 is 0 Å². The molecule has 3 aromatic rings. The van der Waals surface area contributed by atoms with Crippen LogP contribution in [0, 0.1) is 0 Å². The van der Waals surface area contributed by atoms with Gasteiger partial charge in [0.05, 0.1) is 30.4 Å². The highest BCUT2D eigenvalue weighted by Gasteiger charge is 2.09. The van der Waals surface area contributed by atoms with Crippen LogP contribution in [0.5, 0.6) is 5.75 Å². The van der Waals surface area contributed by atoms with Crippen LogP contribution >= 0.6 is 0 Å². The maximum absolute atomic E-state index is 9.97. The molecule has 0 amide bonds. The maximum atomic E-state index is 9.97. The second-order valence-corrected chi connectivity index (χ2v) is 7.41. The van der Waals surface area contributed by atoms with Gasteiger partial charge in [0.15, 0.2) is 6.29 Å². The summed E-state index contributed by atoms with van der Waals surface area (Å²) in [6, 6.07) is 12.1. The second kappa shape index (κ2) is 14.0. The van der Waals surface area contributed by atoms with Crippen LogP contribution < -0.4 is 10.1 Å². The Balaban J connectivity index is 0.000000380. The van der Waals surface area contributed by atoms with Gasteiger partial charge in [-0.2, -0.15) is 5.10 Å². The molecule has 0 bridgehead atoms. The molecular formula is C25H35N5O2. The summed E-state index contributed by atoms with van der Waals surface area (Å²) >= 11 is 0. The van der Waals surface area contributed by atoms with Crippen LogP contribution in [-0.4, -0.2) is 58.7 Å². The van der Waals surface area contributed by atoms with Crippen molar-refractivity contribution in [2.75, 3.05) is 32.1 Å². The van der Waals surface area contributed by atoms with E-state index in [1.54, 1.807) is 24.5 Å². The molecule has 0 aliphatic rings. The molecular weight excluding hydrogens is 402 g/mol. The molecule has 0 aliphatic carbocycles. The molecule has 0 aliphatic heterocycles. The van der Waals surface area contributed by atoms with Gasteiger partial charge in [0.1, 0.15) is 5.75 Å². The number of rotatable bonds is 11. The first-order valence-electron chi connectivity index (χ1n) is 11.2. The van der Waals surface area contributed by atoms with Crippen molar-refractivity contribution in [1.29, 1.82) is 0 Å². The zero-order valence-corrected chi connectivity index (χ0v) is 19.6. The number of nitrogens with zero attached hydrogens (tertiary/aromatic N) is 4. The van der Waals surface area contributed by atoms with Crippen molar-refractivity contribution in [3.63, 3.8) is 0 Å². The van der Waals surface area contributed by atoms with E-state index in [2.05, 4.69) is 41.1 Å². The highest BCUT2D eigenvalue weighted by Crippen LogP contribution is 2.17. The predicted octanol–water partition coefficient (Wildman–Crippen LogP) is 4.70. The zero-order valence-electron chi connectivity index (χ0n) is 19.6. The Labute approximate surface area is 191 Å². The predicted molar refractivity (Wildman–Crippen MR) is 130 cm³/mol. The largest absolute Gasteiger partial charge is 0.494 e. The monoisotopic (exact) mass is 437 g/mol. The SMILES string of the molecule is CCC(C)N(CC)CCCOc1ccc(-n2cc(NC)cn2)cc1.O=Cc1cccnc1. The first kappa shape index (κ1) is 25.1. The molecule has 1 N–H and O–H groups in total. The molecule has 0 radical (unpaired) electrons. The van der Waals surface area contributed by atoms with Crippen molar-refractivity contribution in [2.24, 2.45) is 0 Å². The third-order valence-corrected chi connectivity index (χ3v) is 5.27. The summed E-state index contributed by atoms with van der Waals surface area (Å²) in [5, 5.41) is 7.40. The topological polar surface area (TPSA) is 72.3 Å². The summed E-state index contributed by atoms with van der Waals surface area (Å²) < 4.78 is 7.71. The molecule has 3 rings (SSSR count). The van der Waals surface area contributed by atoms with E-state index in [1.165, 1.54) is 12.6 Å². The normalized spacial score (nSPS) is 11.4. The number of benzene rings is 1. The van der Waals surface area contributed by atoms with Crippen molar-refractivity contribution in [1.82, 2.24) is 19.7 Å². The third-order valence-electron chi connectivity index (χ3n) is 5.27. The van der Waals surface area contributed by atoms with Gasteiger partial charge in [0, 0.05) is 37.6 Å². The summed E-state index contributed by atoms with van der Waals surface area (Å²) in [7, 11) is 1.89. The van der Waals surface area contributed by atoms with Crippen LogP contribution in [0.2, 0.25) is 0 Å². The quantitative estimate of drug-likeness (QED) is 0.346. The Hall–Kier alpha value is -3.19. The van der Waals surface area contributed by atoms with Gasteiger partial charge in [-0.15, -0.1) is 0 Å². The lowest BCUT2D eigenvalue weighted by Gasteiger charge is -2.26. The molecule has 2 aromatic heterocycles. The standard InChI is InChI=1S/C19H30N4O.C6H5NO/c1-5-16(3)22(6-2)12-7-13-24-19-10-8-18(9-11-19)23-15-17(20-4)14-21-23;8-5-6-2-1-3-7-4-6/h8-11,14-16,20H,5-7,12-13H2,1-4H3;1-5H. The molecule has 2 heterocycles. The molecule has 0 saturated heterocycles. The van der Waals surface area contributed by atoms with Gasteiger partial charge in [0.2, 0.25) is 0 Å². The fraction of sp³-hybridized carbons (Fsp3) is 0.400. The van der Waals surface area contributed by atoms with Gasteiger partial charge in [-0.05, 0) is 62.7 Å². The van der Waals surface area contributed by atoms with Crippen LogP contribution in [-0.2, 0) is 0 Å². The summed E-state index contributed by atoms with van der Waals surface area (Å²) in [5.74, 6) is 0.909. The Morgan fingerprint density at radius 3 is 2.50 bits per heavy atom. The van der Waals surface area contributed by atoms with Gasteiger partial charge < -0.3 is 15.0 Å². The lowest BCUT2D eigenvalue weighted by molar-refractivity contribution is 0.112. The van der Waals surface area contributed by atoms with E-state index in [9.17, 15) is 4.79 Å². The van der Waals surface area contributed by atoms with Gasteiger partial charge in [-0.25, -0.2) is 4.68 Å². The summed E-state index contributed by atoms with van der Waals surface area (Å²) in [6.07, 6.45) is 9.93. The molecule has 1 atom stereocenters. The second-order valence-electron chi connectivity index (χ2n) is 7.41. The van der Waals surface area contributed by atoms with Crippen LogP contribution in [0.25, 0.3) is 5.69 Å². The zero-order chi connectivity index (χ0) is 23.2. The number of hydrogen-bond acceptors (Lipinski definition) is 6. The molecule has 7 nitrogen and oxygen atoms in total. The fourth-order valence-electron chi connectivity index (χ4n) is 3.14. The average molecular weight is 438 g/mol. The maximum Gasteiger partial charge on any atom is 0.151 e. The lowest BCUT2D eigenvalue weighted by atomic mass is 10.2. The number of carbonyl (C=O) groups is 1. The molecule has 1 unspecified atom stereocenters. The molecule has 0 spiro atoms. The molecule has 0 fully saturated rings. The number of aldehydes is 1. The van der Waals surface area contributed by atoms with Gasteiger partial charge in [-0.1, -0.05) is 13.8 Å². The molecule has 7 heteroatoms. The molecule has 32 heavy (non-hydrogen) atoms. The highest BCUT2D eigenvalue weighted by atomic mass is 16.5. The van der Waals surface area contributed by atoms with Gasteiger partial charge in [-0.3, -0.25) is 9.78 Å². The van der Waals surface area contributed by atoms with Crippen molar-refractivity contribution in [3.8, 4) is 11.4 Å². The van der Waals surface area contributed by atoms with Crippen LogP contribution in [0.4, 0.5) is 5.69 Å². The smallest absolute Gasteiger partial charge is 0.151 e. The summed E-state index contributed by atoms with van der Waals surface area (Å²) in [5.41, 5.74) is 2.64. The number of hydrogen-bond donors (Lipinski definition) is 1. The number of carbonyl (C=O) groups excluding carboxylic acids is 1. The minimum absolute atomic E-state index is 0.618. The van der Waals surface area contributed by atoms with E-state index >= 15 is 0 Å². The van der Waals surface area contributed by atoms with E-state index in [4.69, 9.17) is 4.74 Å². The van der Waals surface area contributed by atoms with E-state index in [0.29, 0.717) is 11.6 Å². The third kappa shape index (κ3) is 8.15. The first-order valence-corrected chi connectivity index (χ1v) is 11.2. The fourth-order valence-corrected chi connectivity index (χ4v) is 3.14. The highest BCUT2D eigenvalue weighted by molar-refractivity contribution is 5.73. The average Bonchev–Trinajstić information content (AvgIpc) is 3.34. The number of nitrogens with one attached hydrogen (secondary N) is 1. The molecule has 172 valence electrons. The van der Waals surface area contributed by atoms with Crippen molar-refractivity contribution in [3.05, 3.63) is 66.7 Å². The lowest BCUT2D eigenvalue weighted by Crippen LogP contribution is -2.33. The Bertz CT molecular complexity index is 896. The summed E-state index contributed by atoms with van der Waals surface area (Å²) in [6.45, 7) is 9.69.